The Morgan fingerprint density at radius 2 is 1.88 bits per heavy atom. The standard InChI is InChI=1S/C26H33NO6S/c1-4-19-6-9-24-21(15-19)7-5-18(2)27(24)34(29,30)22-8-10-25(23(16-22)26(28)31-3)33-17-20-11-13-32-14-12-20/h6,8-10,15-16,18,20H,4-5,7,11-14,17H2,1-3H3/t18-/m1/s1. The molecule has 1 fully saturated rings. The predicted molar refractivity (Wildman–Crippen MR) is 130 cm³/mol. The van der Waals surface area contributed by atoms with Crippen LogP contribution in [0.3, 0.4) is 0 Å². The molecule has 2 aromatic carbocycles. The molecule has 1 saturated heterocycles. The maximum atomic E-state index is 13.8. The van der Waals surface area contributed by atoms with Gasteiger partial charge in [-0.05, 0) is 80.3 Å². The number of esters is 1. The van der Waals surface area contributed by atoms with E-state index < -0.39 is 16.0 Å². The molecule has 0 aromatic heterocycles. The van der Waals surface area contributed by atoms with Crippen LogP contribution in [0, 0.1) is 5.92 Å². The van der Waals surface area contributed by atoms with Crippen LogP contribution >= 0.6 is 0 Å². The molecule has 0 saturated carbocycles. The van der Waals surface area contributed by atoms with Crippen LogP contribution < -0.4 is 9.04 Å². The monoisotopic (exact) mass is 487 g/mol. The number of anilines is 1. The van der Waals surface area contributed by atoms with Gasteiger partial charge in [0.1, 0.15) is 11.3 Å². The third kappa shape index (κ3) is 4.93. The summed E-state index contributed by atoms with van der Waals surface area (Å²) in [5.41, 5.74) is 3.03. The summed E-state index contributed by atoms with van der Waals surface area (Å²) in [5, 5.41) is 0. The molecule has 8 heteroatoms. The number of hydrogen-bond donors (Lipinski definition) is 0. The number of ether oxygens (including phenoxy) is 3. The van der Waals surface area contributed by atoms with Crippen molar-refractivity contribution in [3.63, 3.8) is 0 Å². The van der Waals surface area contributed by atoms with E-state index in [0.717, 1.165) is 37.7 Å². The highest BCUT2D eigenvalue weighted by atomic mass is 32.2. The van der Waals surface area contributed by atoms with E-state index in [1.807, 2.05) is 19.1 Å². The number of nitrogens with zero attached hydrogens (tertiary/aromatic N) is 1. The Kier molecular flexibility index (Phi) is 7.48. The summed E-state index contributed by atoms with van der Waals surface area (Å²) in [7, 11) is -2.63. The van der Waals surface area contributed by atoms with Crippen molar-refractivity contribution in [2.24, 2.45) is 5.92 Å². The Morgan fingerprint density at radius 3 is 2.59 bits per heavy atom. The Bertz CT molecular complexity index is 1140. The molecule has 7 nitrogen and oxygen atoms in total. The largest absolute Gasteiger partial charge is 0.492 e. The third-order valence-corrected chi connectivity index (χ3v) is 8.67. The quantitative estimate of drug-likeness (QED) is 0.540. The molecule has 0 unspecified atom stereocenters. The maximum absolute atomic E-state index is 13.8. The van der Waals surface area contributed by atoms with Crippen molar-refractivity contribution in [1.29, 1.82) is 0 Å². The first-order chi connectivity index (χ1) is 16.3. The van der Waals surface area contributed by atoms with Gasteiger partial charge in [-0.2, -0.15) is 0 Å². The Balaban J connectivity index is 1.67. The van der Waals surface area contributed by atoms with E-state index in [9.17, 15) is 13.2 Å². The summed E-state index contributed by atoms with van der Waals surface area (Å²) in [5.74, 6) is 0.0389. The molecular weight excluding hydrogens is 454 g/mol. The number of methoxy groups -OCH3 is 1. The second-order valence-electron chi connectivity index (χ2n) is 9.02. The van der Waals surface area contributed by atoms with Crippen LogP contribution in [-0.4, -0.2) is 47.4 Å². The average Bonchev–Trinajstić information content (AvgIpc) is 2.86. The van der Waals surface area contributed by atoms with Gasteiger partial charge < -0.3 is 14.2 Å². The van der Waals surface area contributed by atoms with Crippen molar-refractivity contribution >= 4 is 21.7 Å². The van der Waals surface area contributed by atoms with E-state index in [4.69, 9.17) is 14.2 Å². The summed E-state index contributed by atoms with van der Waals surface area (Å²) in [4.78, 5) is 12.6. The number of benzene rings is 2. The van der Waals surface area contributed by atoms with E-state index >= 15 is 0 Å². The minimum Gasteiger partial charge on any atom is -0.492 e. The summed E-state index contributed by atoms with van der Waals surface area (Å²) >= 11 is 0. The van der Waals surface area contributed by atoms with E-state index in [2.05, 4.69) is 13.0 Å². The third-order valence-electron chi connectivity index (χ3n) is 6.75. The molecule has 34 heavy (non-hydrogen) atoms. The van der Waals surface area contributed by atoms with E-state index in [1.165, 1.54) is 29.1 Å². The number of rotatable bonds is 7. The summed E-state index contributed by atoms with van der Waals surface area (Å²) in [6.07, 6.45) is 4.25. The minimum atomic E-state index is -3.91. The first-order valence-electron chi connectivity index (χ1n) is 11.9. The number of carbonyl (C=O) groups is 1. The van der Waals surface area contributed by atoms with Gasteiger partial charge in [-0.25, -0.2) is 13.2 Å². The van der Waals surface area contributed by atoms with Crippen molar-refractivity contribution in [2.75, 3.05) is 31.2 Å². The SMILES string of the molecule is CCc1ccc2c(c1)CC[C@@H](C)N2S(=O)(=O)c1ccc(OCC2CCOCC2)c(C(=O)OC)c1. The van der Waals surface area contributed by atoms with Gasteiger partial charge in [0.15, 0.2) is 0 Å². The minimum absolute atomic E-state index is 0.0468. The molecule has 0 aliphatic carbocycles. The molecule has 2 aliphatic rings. The van der Waals surface area contributed by atoms with Gasteiger partial charge in [-0.15, -0.1) is 0 Å². The van der Waals surface area contributed by atoms with Gasteiger partial charge in [0, 0.05) is 19.3 Å². The molecule has 2 aliphatic heterocycles. The fourth-order valence-electron chi connectivity index (χ4n) is 4.66. The first kappa shape index (κ1) is 24.5. The number of aryl methyl sites for hydroxylation is 2. The molecule has 0 bridgehead atoms. The number of fused-ring (bicyclic) bond motifs is 1. The molecule has 2 heterocycles. The van der Waals surface area contributed by atoms with Gasteiger partial charge in [-0.1, -0.05) is 19.1 Å². The van der Waals surface area contributed by atoms with Crippen LogP contribution in [0.15, 0.2) is 41.3 Å². The number of sulfonamides is 1. The molecule has 184 valence electrons. The molecule has 0 radical (unpaired) electrons. The molecule has 4 rings (SSSR count). The Hall–Kier alpha value is -2.58. The lowest BCUT2D eigenvalue weighted by Gasteiger charge is -2.36. The van der Waals surface area contributed by atoms with Crippen LogP contribution in [0.25, 0.3) is 0 Å². The Morgan fingerprint density at radius 1 is 1.12 bits per heavy atom. The lowest BCUT2D eigenvalue weighted by Crippen LogP contribution is -2.42. The first-order valence-corrected chi connectivity index (χ1v) is 13.4. The van der Waals surface area contributed by atoms with Crippen LogP contribution in [0.2, 0.25) is 0 Å². The van der Waals surface area contributed by atoms with Gasteiger partial charge in [0.05, 0.1) is 24.3 Å². The van der Waals surface area contributed by atoms with Crippen LogP contribution in [0.1, 0.15) is 54.6 Å². The zero-order valence-corrected chi connectivity index (χ0v) is 20.9. The summed E-state index contributed by atoms with van der Waals surface area (Å²) in [6, 6.07) is 10.2. The number of carbonyl (C=O) groups excluding carboxylic acids is 1. The van der Waals surface area contributed by atoms with Gasteiger partial charge in [0.25, 0.3) is 10.0 Å². The lowest BCUT2D eigenvalue weighted by atomic mass is 9.96. The number of hydrogen-bond acceptors (Lipinski definition) is 6. The van der Waals surface area contributed by atoms with Crippen molar-refractivity contribution in [2.45, 2.75) is 56.9 Å². The molecule has 2 aromatic rings. The highest BCUT2D eigenvalue weighted by Gasteiger charge is 2.35. The fourth-order valence-corrected chi connectivity index (χ4v) is 6.41. The highest BCUT2D eigenvalue weighted by molar-refractivity contribution is 7.92. The summed E-state index contributed by atoms with van der Waals surface area (Å²) in [6.45, 7) is 5.84. The zero-order valence-electron chi connectivity index (χ0n) is 20.1. The second-order valence-corrected chi connectivity index (χ2v) is 10.8. The van der Waals surface area contributed by atoms with Gasteiger partial charge in [-0.3, -0.25) is 4.31 Å². The summed E-state index contributed by atoms with van der Waals surface area (Å²) < 4.78 is 45.4. The lowest BCUT2D eigenvalue weighted by molar-refractivity contribution is 0.0483. The highest BCUT2D eigenvalue weighted by Crippen LogP contribution is 2.37. The van der Waals surface area contributed by atoms with E-state index in [-0.39, 0.29) is 16.5 Å². The molecule has 1 atom stereocenters. The van der Waals surface area contributed by atoms with Crippen LogP contribution in [-0.2, 0) is 32.3 Å². The molecule has 0 spiro atoms. The van der Waals surface area contributed by atoms with Gasteiger partial charge >= 0.3 is 5.97 Å². The normalized spacial score (nSPS) is 18.9. The maximum Gasteiger partial charge on any atom is 0.341 e. The van der Waals surface area contributed by atoms with Crippen molar-refractivity contribution < 1.29 is 27.4 Å². The van der Waals surface area contributed by atoms with E-state index in [1.54, 1.807) is 6.07 Å². The molecule has 0 amide bonds. The fraction of sp³-hybridized carbons (Fsp3) is 0.500. The zero-order chi connectivity index (χ0) is 24.3. The second kappa shape index (κ2) is 10.4. The van der Waals surface area contributed by atoms with Crippen molar-refractivity contribution in [3.8, 4) is 5.75 Å². The predicted octanol–water partition coefficient (Wildman–Crippen LogP) is 4.37. The van der Waals surface area contributed by atoms with E-state index in [0.29, 0.717) is 37.2 Å². The topological polar surface area (TPSA) is 82.1 Å². The Labute approximate surface area is 202 Å². The van der Waals surface area contributed by atoms with Crippen molar-refractivity contribution in [1.82, 2.24) is 0 Å². The smallest absolute Gasteiger partial charge is 0.341 e. The van der Waals surface area contributed by atoms with Gasteiger partial charge in [0.2, 0.25) is 0 Å². The van der Waals surface area contributed by atoms with Crippen LogP contribution in [0.4, 0.5) is 5.69 Å². The average molecular weight is 488 g/mol. The molecular formula is C26H33NO6S. The van der Waals surface area contributed by atoms with Crippen LogP contribution in [0.5, 0.6) is 5.75 Å². The van der Waals surface area contributed by atoms with Crippen molar-refractivity contribution in [3.05, 3.63) is 53.1 Å². The molecule has 0 N–H and O–H groups in total.